The largest absolute Gasteiger partial charge is 0.435 e. The SMILES string of the molecule is CNc1nnc(C(F)(F)F)cc1C. The minimum atomic E-state index is -4.43. The molecule has 0 saturated heterocycles. The van der Waals surface area contributed by atoms with Gasteiger partial charge in [0.05, 0.1) is 0 Å². The van der Waals surface area contributed by atoms with Crippen molar-refractivity contribution in [3.05, 3.63) is 17.3 Å². The molecule has 0 fully saturated rings. The second-order valence-corrected chi connectivity index (χ2v) is 2.51. The molecule has 1 heterocycles. The molecule has 1 aromatic heterocycles. The highest BCUT2D eigenvalue weighted by Crippen LogP contribution is 2.28. The molecule has 0 saturated carbocycles. The molecule has 0 aliphatic rings. The third-order valence-corrected chi connectivity index (χ3v) is 1.51. The van der Waals surface area contributed by atoms with Crippen molar-refractivity contribution >= 4 is 5.82 Å². The van der Waals surface area contributed by atoms with Gasteiger partial charge in [-0.15, -0.1) is 10.2 Å². The normalized spacial score (nSPS) is 11.5. The molecule has 1 aromatic rings. The summed E-state index contributed by atoms with van der Waals surface area (Å²) >= 11 is 0. The summed E-state index contributed by atoms with van der Waals surface area (Å²) in [5.41, 5.74) is -0.547. The summed E-state index contributed by atoms with van der Waals surface area (Å²) < 4.78 is 36.2. The van der Waals surface area contributed by atoms with E-state index in [1.807, 2.05) is 0 Å². The fraction of sp³-hybridized carbons (Fsp3) is 0.429. The van der Waals surface area contributed by atoms with Gasteiger partial charge in [-0.25, -0.2) is 0 Å². The Labute approximate surface area is 73.0 Å². The van der Waals surface area contributed by atoms with Crippen LogP contribution in [0.2, 0.25) is 0 Å². The summed E-state index contributed by atoms with van der Waals surface area (Å²) in [6.45, 7) is 1.54. The van der Waals surface area contributed by atoms with E-state index in [1.54, 1.807) is 7.05 Å². The van der Waals surface area contributed by atoms with E-state index in [4.69, 9.17) is 0 Å². The topological polar surface area (TPSA) is 37.8 Å². The first-order valence-electron chi connectivity index (χ1n) is 3.54. The van der Waals surface area contributed by atoms with Crippen molar-refractivity contribution in [1.29, 1.82) is 0 Å². The first kappa shape index (κ1) is 9.76. The van der Waals surface area contributed by atoms with E-state index in [2.05, 4.69) is 15.5 Å². The van der Waals surface area contributed by atoms with Crippen LogP contribution in [0.5, 0.6) is 0 Å². The van der Waals surface area contributed by atoms with Gasteiger partial charge >= 0.3 is 6.18 Å². The second-order valence-electron chi connectivity index (χ2n) is 2.51. The van der Waals surface area contributed by atoms with Crippen LogP contribution in [-0.2, 0) is 6.18 Å². The van der Waals surface area contributed by atoms with Gasteiger partial charge in [0.2, 0.25) is 0 Å². The van der Waals surface area contributed by atoms with Crippen molar-refractivity contribution < 1.29 is 13.2 Å². The zero-order valence-electron chi connectivity index (χ0n) is 7.11. The fourth-order valence-electron chi connectivity index (χ4n) is 0.871. The first-order chi connectivity index (χ1) is 5.95. The van der Waals surface area contributed by atoms with Gasteiger partial charge in [0, 0.05) is 7.05 Å². The molecule has 0 aliphatic heterocycles. The average molecular weight is 191 g/mol. The third-order valence-electron chi connectivity index (χ3n) is 1.51. The maximum Gasteiger partial charge on any atom is 0.435 e. The molecule has 1 rings (SSSR count). The number of nitrogens with one attached hydrogen (secondary N) is 1. The van der Waals surface area contributed by atoms with Crippen molar-refractivity contribution in [1.82, 2.24) is 10.2 Å². The number of aromatic nitrogens is 2. The molecule has 13 heavy (non-hydrogen) atoms. The summed E-state index contributed by atoms with van der Waals surface area (Å²) in [6.07, 6.45) is -4.43. The maximum absolute atomic E-state index is 12.1. The average Bonchev–Trinajstić information content (AvgIpc) is 2.02. The lowest BCUT2D eigenvalue weighted by atomic mass is 10.2. The molecule has 0 aliphatic carbocycles. The Morgan fingerprint density at radius 2 is 1.92 bits per heavy atom. The molecule has 1 N–H and O–H groups in total. The van der Waals surface area contributed by atoms with Gasteiger partial charge in [0.1, 0.15) is 0 Å². The molecule has 3 nitrogen and oxygen atoms in total. The summed E-state index contributed by atoms with van der Waals surface area (Å²) in [4.78, 5) is 0. The summed E-state index contributed by atoms with van der Waals surface area (Å²) in [5.74, 6) is 0.355. The Bertz CT molecular complexity index is 308. The van der Waals surface area contributed by atoms with Gasteiger partial charge in [-0.1, -0.05) is 0 Å². The number of aryl methyl sites for hydroxylation is 1. The minimum Gasteiger partial charge on any atom is -0.371 e. The maximum atomic E-state index is 12.1. The Morgan fingerprint density at radius 3 is 2.31 bits per heavy atom. The van der Waals surface area contributed by atoms with Crippen LogP contribution in [0.3, 0.4) is 0 Å². The number of nitrogens with zero attached hydrogens (tertiary/aromatic N) is 2. The molecule has 72 valence electrons. The van der Waals surface area contributed by atoms with E-state index in [0.29, 0.717) is 11.4 Å². The van der Waals surface area contributed by atoms with E-state index in [1.165, 1.54) is 6.92 Å². The van der Waals surface area contributed by atoms with Crippen molar-refractivity contribution in [2.45, 2.75) is 13.1 Å². The number of rotatable bonds is 1. The Kier molecular flexibility index (Phi) is 2.40. The lowest BCUT2D eigenvalue weighted by Crippen LogP contribution is -2.11. The number of anilines is 1. The molecule has 0 aromatic carbocycles. The zero-order valence-corrected chi connectivity index (χ0v) is 7.11. The van der Waals surface area contributed by atoms with Gasteiger partial charge in [0.15, 0.2) is 11.5 Å². The van der Waals surface area contributed by atoms with Crippen LogP contribution in [0.4, 0.5) is 19.0 Å². The van der Waals surface area contributed by atoms with Gasteiger partial charge < -0.3 is 5.32 Å². The zero-order chi connectivity index (χ0) is 10.1. The van der Waals surface area contributed by atoms with Crippen molar-refractivity contribution in [3.63, 3.8) is 0 Å². The quantitative estimate of drug-likeness (QED) is 0.736. The highest BCUT2D eigenvalue weighted by Gasteiger charge is 2.33. The Morgan fingerprint density at radius 1 is 1.31 bits per heavy atom. The molecular formula is C7H8F3N3. The van der Waals surface area contributed by atoms with E-state index >= 15 is 0 Å². The first-order valence-corrected chi connectivity index (χ1v) is 3.54. The number of hydrogen-bond acceptors (Lipinski definition) is 3. The predicted octanol–water partition coefficient (Wildman–Crippen LogP) is 1.85. The van der Waals surface area contributed by atoms with Crippen LogP contribution >= 0.6 is 0 Å². The van der Waals surface area contributed by atoms with Crippen LogP contribution in [-0.4, -0.2) is 17.2 Å². The number of hydrogen-bond donors (Lipinski definition) is 1. The molecule has 0 amide bonds. The van der Waals surface area contributed by atoms with Gasteiger partial charge in [-0.3, -0.25) is 0 Å². The number of alkyl halides is 3. The fourth-order valence-corrected chi connectivity index (χ4v) is 0.871. The molecule has 0 spiro atoms. The van der Waals surface area contributed by atoms with Gasteiger partial charge in [-0.2, -0.15) is 13.2 Å². The van der Waals surface area contributed by atoms with Crippen LogP contribution in [0.1, 0.15) is 11.3 Å². The molecule has 0 unspecified atom stereocenters. The third kappa shape index (κ3) is 2.07. The Balaban J connectivity index is 3.10. The van der Waals surface area contributed by atoms with Crippen molar-refractivity contribution in [2.24, 2.45) is 0 Å². The monoisotopic (exact) mass is 191 g/mol. The smallest absolute Gasteiger partial charge is 0.371 e. The van der Waals surface area contributed by atoms with E-state index in [-0.39, 0.29) is 0 Å². The highest BCUT2D eigenvalue weighted by molar-refractivity contribution is 5.41. The van der Waals surface area contributed by atoms with Crippen LogP contribution in [0.25, 0.3) is 0 Å². The second kappa shape index (κ2) is 3.20. The lowest BCUT2D eigenvalue weighted by molar-refractivity contribution is -0.141. The predicted molar refractivity (Wildman–Crippen MR) is 41.3 cm³/mol. The van der Waals surface area contributed by atoms with Crippen LogP contribution < -0.4 is 5.32 Å². The standard InChI is InChI=1S/C7H8F3N3/c1-4-3-5(7(8,9)10)12-13-6(4)11-2/h3H,1-2H3,(H,11,13). The molecule has 0 atom stereocenters. The van der Waals surface area contributed by atoms with E-state index in [9.17, 15) is 13.2 Å². The summed E-state index contributed by atoms with van der Waals surface area (Å²) in [7, 11) is 1.57. The van der Waals surface area contributed by atoms with E-state index in [0.717, 1.165) is 6.07 Å². The summed E-state index contributed by atoms with van der Waals surface area (Å²) in [5, 5.41) is 9.06. The van der Waals surface area contributed by atoms with Crippen molar-refractivity contribution in [2.75, 3.05) is 12.4 Å². The summed E-state index contributed by atoms with van der Waals surface area (Å²) in [6, 6.07) is 0.957. The lowest BCUT2D eigenvalue weighted by Gasteiger charge is -2.07. The minimum absolute atomic E-state index is 0.355. The highest BCUT2D eigenvalue weighted by atomic mass is 19.4. The van der Waals surface area contributed by atoms with E-state index < -0.39 is 11.9 Å². The van der Waals surface area contributed by atoms with Gasteiger partial charge in [-0.05, 0) is 18.6 Å². The molecular weight excluding hydrogens is 183 g/mol. The Hall–Kier alpha value is -1.33. The van der Waals surface area contributed by atoms with Crippen LogP contribution in [0, 0.1) is 6.92 Å². The van der Waals surface area contributed by atoms with Gasteiger partial charge in [0.25, 0.3) is 0 Å². The van der Waals surface area contributed by atoms with Crippen molar-refractivity contribution in [3.8, 4) is 0 Å². The molecule has 0 radical (unpaired) electrons. The molecule has 6 heteroatoms. The van der Waals surface area contributed by atoms with Crippen LogP contribution in [0.15, 0.2) is 6.07 Å². The molecule has 0 bridgehead atoms. The number of halogens is 3.